The van der Waals surface area contributed by atoms with E-state index in [1.807, 2.05) is 0 Å². The maximum absolute atomic E-state index is 5.95. The molecule has 0 radical (unpaired) electrons. The fourth-order valence-electron chi connectivity index (χ4n) is 2.22. The van der Waals surface area contributed by atoms with Crippen molar-refractivity contribution in [2.24, 2.45) is 11.7 Å². The molecule has 0 aromatic heterocycles. The summed E-state index contributed by atoms with van der Waals surface area (Å²) in [5.41, 5.74) is 5.95. The predicted octanol–water partition coefficient (Wildman–Crippen LogP) is 1.85. The zero-order valence-electron chi connectivity index (χ0n) is 9.13. The van der Waals surface area contributed by atoms with Gasteiger partial charge in [0, 0.05) is 12.6 Å². The minimum absolute atomic E-state index is 0.437. The summed E-state index contributed by atoms with van der Waals surface area (Å²) < 4.78 is 0. The SMILES string of the molecule is CCCN1CCC(CC(N)CC)C1. The summed E-state index contributed by atoms with van der Waals surface area (Å²) in [5.74, 6) is 0.876. The Hall–Kier alpha value is -0.0800. The highest BCUT2D eigenvalue weighted by molar-refractivity contribution is 4.78. The lowest BCUT2D eigenvalue weighted by Gasteiger charge is -2.16. The maximum Gasteiger partial charge on any atom is 0.00393 e. The summed E-state index contributed by atoms with van der Waals surface area (Å²) in [6, 6.07) is 0.437. The first-order valence-electron chi connectivity index (χ1n) is 5.74. The van der Waals surface area contributed by atoms with Crippen LogP contribution >= 0.6 is 0 Å². The lowest BCUT2D eigenvalue weighted by atomic mass is 9.98. The Labute approximate surface area is 82.5 Å². The van der Waals surface area contributed by atoms with Gasteiger partial charge in [-0.3, -0.25) is 0 Å². The first kappa shape index (κ1) is 11.0. The Kier molecular flexibility index (Phi) is 4.74. The summed E-state index contributed by atoms with van der Waals surface area (Å²) in [5, 5.41) is 0. The van der Waals surface area contributed by atoms with Crippen molar-refractivity contribution in [1.82, 2.24) is 4.90 Å². The van der Waals surface area contributed by atoms with Crippen molar-refractivity contribution >= 4 is 0 Å². The number of hydrogen-bond donors (Lipinski definition) is 1. The summed E-state index contributed by atoms with van der Waals surface area (Å²) >= 11 is 0. The van der Waals surface area contributed by atoms with E-state index in [4.69, 9.17) is 5.73 Å². The second-order valence-electron chi connectivity index (χ2n) is 4.36. The van der Waals surface area contributed by atoms with Gasteiger partial charge in [0.05, 0.1) is 0 Å². The van der Waals surface area contributed by atoms with Crippen molar-refractivity contribution in [3.05, 3.63) is 0 Å². The molecule has 1 fully saturated rings. The van der Waals surface area contributed by atoms with Crippen LogP contribution in [0.15, 0.2) is 0 Å². The first-order chi connectivity index (χ1) is 6.26. The first-order valence-corrected chi connectivity index (χ1v) is 5.74. The standard InChI is InChI=1S/C11H24N2/c1-3-6-13-7-5-10(9-13)8-11(12)4-2/h10-11H,3-9,12H2,1-2H3. The van der Waals surface area contributed by atoms with Crippen LogP contribution in [-0.2, 0) is 0 Å². The third kappa shape index (κ3) is 3.65. The van der Waals surface area contributed by atoms with Crippen LogP contribution in [0, 0.1) is 5.92 Å². The number of nitrogens with two attached hydrogens (primary N) is 1. The number of nitrogens with zero attached hydrogens (tertiary/aromatic N) is 1. The quantitative estimate of drug-likeness (QED) is 0.706. The second kappa shape index (κ2) is 5.61. The fraction of sp³-hybridized carbons (Fsp3) is 1.00. The van der Waals surface area contributed by atoms with Crippen LogP contribution in [0.2, 0.25) is 0 Å². The molecule has 1 aliphatic heterocycles. The van der Waals surface area contributed by atoms with E-state index < -0.39 is 0 Å². The van der Waals surface area contributed by atoms with Gasteiger partial charge in [0.15, 0.2) is 0 Å². The van der Waals surface area contributed by atoms with Crippen molar-refractivity contribution in [1.29, 1.82) is 0 Å². The van der Waals surface area contributed by atoms with Crippen LogP contribution in [-0.4, -0.2) is 30.6 Å². The zero-order chi connectivity index (χ0) is 9.68. The molecule has 1 saturated heterocycles. The predicted molar refractivity (Wildman–Crippen MR) is 57.7 cm³/mol. The van der Waals surface area contributed by atoms with Gasteiger partial charge in [-0.1, -0.05) is 13.8 Å². The second-order valence-corrected chi connectivity index (χ2v) is 4.36. The number of rotatable bonds is 5. The van der Waals surface area contributed by atoms with Crippen molar-refractivity contribution < 1.29 is 0 Å². The van der Waals surface area contributed by atoms with E-state index in [9.17, 15) is 0 Å². The molecule has 13 heavy (non-hydrogen) atoms. The van der Waals surface area contributed by atoms with Crippen molar-refractivity contribution in [2.75, 3.05) is 19.6 Å². The Morgan fingerprint density at radius 2 is 2.23 bits per heavy atom. The van der Waals surface area contributed by atoms with E-state index in [2.05, 4.69) is 18.7 Å². The van der Waals surface area contributed by atoms with Crippen molar-refractivity contribution in [3.63, 3.8) is 0 Å². The molecule has 0 aliphatic carbocycles. The maximum atomic E-state index is 5.95. The van der Waals surface area contributed by atoms with Crippen LogP contribution in [0.1, 0.15) is 39.5 Å². The summed E-state index contributed by atoms with van der Waals surface area (Å²) in [6.07, 6.45) is 5.02. The molecule has 2 unspecified atom stereocenters. The summed E-state index contributed by atoms with van der Waals surface area (Å²) in [7, 11) is 0. The Balaban J connectivity index is 2.17. The average Bonchev–Trinajstić information content (AvgIpc) is 2.53. The van der Waals surface area contributed by atoms with Gasteiger partial charge in [-0.15, -0.1) is 0 Å². The average molecular weight is 184 g/mol. The van der Waals surface area contributed by atoms with E-state index in [0.29, 0.717) is 6.04 Å². The molecule has 0 aromatic rings. The van der Waals surface area contributed by atoms with Gasteiger partial charge in [-0.2, -0.15) is 0 Å². The fourth-order valence-corrected chi connectivity index (χ4v) is 2.22. The van der Waals surface area contributed by atoms with E-state index in [1.54, 1.807) is 0 Å². The molecule has 2 heteroatoms. The molecular formula is C11H24N2. The number of hydrogen-bond acceptors (Lipinski definition) is 2. The molecule has 1 rings (SSSR count). The Morgan fingerprint density at radius 3 is 2.85 bits per heavy atom. The molecule has 1 aliphatic rings. The van der Waals surface area contributed by atoms with Crippen LogP contribution in [0.25, 0.3) is 0 Å². The molecule has 2 nitrogen and oxygen atoms in total. The molecule has 2 atom stereocenters. The summed E-state index contributed by atoms with van der Waals surface area (Å²) in [4.78, 5) is 2.58. The minimum atomic E-state index is 0.437. The molecule has 78 valence electrons. The van der Waals surface area contributed by atoms with E-state index >= 15 is 0 Å². The number of likely N-dealkylation sites (tertiary alicyclic amines) is 1. The third-order valence-electron chi connectivity index (χ3n) is 3.07. The molecule has 0 spiro atoms. The topological polar surface area (TPSA) is 29.3 Å². The molecule has 1 heterocycles. The van der Waals surface area contributed by atoms with Crippen molar-refractivity contribution in [2.45, 2.75) is 45.6 Å². The highest BCUT2D eigenvalue weighted by atomic mass is 15.1. The van der Waals surface area contributed by atoms with E-state index in [-0.39, 0.29) is 0 Å². The normalized spacial score (nSPS) is 26.5. The van der Waals surface area contributed by atoms with Gasteiger partial charge in [-0.25, -0.2) is 0 Å². The smallest absolute Gasteiger partial charge is 0.00393 e. The van der Waals surface area contributed by atoms with Gasteiger partial charge in [0.1, 0.15) is 0 Å². The molecule has 2 N–H and O–H groups in total. The largest absolute Gasteiger partial charge is 0.328 e. The van der Waals surface area contributed by atoms with Gasteiger partial charge < -0.3 is 10.6 Å². The molecule has 0 aromatic carbocycles. The van der Waals surface area contributed by atoms with Gasteiger partial charge >= 0.3 is 0 Å². The highest BCUT2D eigenvalue weighted by Gasteiger charge is 2.22. The van der Waals surface area contributed by atoms with Gasteiger partial charge in [0.25, 0.3) is 0 Å². The highest BCUT2D eigenvalue weighted by Crippen LogP contribution is 2.21. The lowest BCUT2D eigenvalue weighted by Crippen LogP contribution is -2.25. The van der Waals surface area contributed by atoms with Crippen LogP contribution in [0.3, 0.4) is 0 Å². The van der Waals surface area contributed by atoms with Crippen LogP contribution in [0.4, 0.5) is 0 Å². The monoisotopic (exact) mass is 184 g/mol. The molecular weight excluding hydrogens is 160 g/mol. The molecule has 0 amide bonds. The van der Waals surface area contributed by atoms with E-state index in [1.165, 1.54) is 38.9 Å². The van der Waals surface area contributed by atoms with Gasteiger partial charge in [-0.05, 0) is 44.7 Å². The van der Waals surface area contributed by atoms with Crippen LogP contribution in [0.5, 0.6) is 0 Å². The zero-order valence-corrected chi connectivity index (χ0v) is 9.13. The lowest BCUT2D eigenvalue weighted by molar-refractivity contribution is 0.316. The third-order valence-corrected chi connectivity index (χ3v) is 3.07. The minimum Gasteiger partial charge on any atom is -0.328 e. The molecule has 0 saturated carbocycles. The Morgan fingerprint density at radius 1 is 1.46 bits per heavy atom. The van der Waals surface area contributed by atoms with E-state index in [0.717, 1.165) is 12.3 Å². The summed E-state index contributed by atoms with van der Waals surface area (Å²) in [6.45, 7) is 8.31. The van der Waals surface area contributed by atoms with Crippen molar-refractivity contribution in [3.8, 4) is 0 Å². The Bertz CT molecular complexity index is 136. The van der Waals surface area contributed by atoms with Crippen LogP contribution < -0.4 is 5.73 Å². The molecule has 0 bridgehead atoms. The van der Waals surface area contributed by atoms with Gasteiger partial charge in [0.2, 0.25) is 0 Å².